The van der Waals surface area contributed by atoms with Crippen LogP contribution in [-0.4, -0.2) is 19.2 Å². The first kappa shape index (κ1) is 25.6. The van der Waals surface area contributed by atoms with E-state index in [1.54, 1.807) is 0 Å². The molecule has 0 radical (unpaired) electrons. The van der Waals surface area contributed by atoms with Gasteiger partial charge in [-0.1, -0.05) is 73.5 Å². The van der Waals surface area contributed by atoms with E-state index in [2.05, 4.69) is 62.4 Å². The number of methoxy groups -OCH3 is 1. The lowest BCUT2D eigenvalue weighted by Crippen LogP contribution is -2.31. The number of thiophene rings is 1. The van der Waals surface area contributed by atoms with E-state index in [-0.39, 0.29) is 5.97 Å². The van der Waals surface area contributed by atoms with Crippen LogP contribution in [0.15, 0.2) is 78.9 Å². The van der Waals surface area contributed by atoms with E-state index in [1.165, 1.54) is 67.9 Å². The van der Waals surface area contributed by atoms with Crippen molar-refractivity contribution in [1.29, 1.82) is 0 Å². The highest BCUT2D eigenvalue weighted by Gasteiger charge is 2.27. The van der Waals surface area contributed by atoms with Crippen molar-refractivity contribution < 1.29 is 14.3 Å². The summed E-state index contributed by atoms with van der Waals surface area (Å²) in [4.78, 5) is 14.2. The molecule has 4 aromatic carbocycles. The zero-order chi connectivity index (χ0) is 26.9. The Labute approximate surface area is 234 Å². The molecular formula is C35H34O3S. The zero-order valence-corrected chi connectivity index (χ0v) is 23.6. The molecule has 0 unspecified atom stereocenters. The minimum Gasteiger partial charge on any atom is -0.478 e. The molecule has 4 heteroatoms. The van der Waals surface area contributed by atoms with E-state index >= 15 is 0 Å². The lowest BCUT2D eigenvalue weighted by Gasteiger charge is -2.23. The molecule has 5 aromatic rings. The lowest BCUT2D eigenvalue weighted by atomic mass is 9.89. The van der Waals surface area contributed by atoms with Gasteiger partial charge in [0.1, 0.15) is 5.75 Å². The summed E-state index contributed by atoms with van der Waals surface area (Å²) in [6.07, 6.45) is 4.50. The monoisotopic (exact) mass is 534 g/mol. The summed E-state index contributed by atoms with van der Waals surface area (Å²) in [5.74, 6) is 0.873. The van der Waals surface area contributed by atoms with Gasteiger partial charge >= 0.3 is 5.97 Å². The van der Waals surface area contributed by atoms with Crippen molar-refractivity contribution in [3.8, 4) is 16.9 Å². The van der Waals surface area contributed by atoms with Crippen LogP contribution in [0.2, 0.25) is 0 Å². The third-order valence-electron chi connectivity index (χ3n) is 8.27. The first-order valence-corrected chi connectivity index (χ1v) is 14.7. The summed E-state index contributed by atoms with van der Waals surface area (Å²) in [5.41, 5.74) is 6.12. The van der Waals surface area contributed by atoms with Crippen LogP contribution in [0.5, 0.6) is 5.75 Å². The Morgan fingerprint density at radius 3 is 2.46 bits per heavy atom. The number of carbonyl (C=O) groups excluding carboxylic acids is 1. The van der Waals surface area contributed by atoms with E-state index in [0.29, 0.717) is 12.3 Å². The molecule has 0 spiro atoms. The molecule has 1 aromatic heterocycles. The maximum Gasteiger partial charge on any atom is 0.347 e. The fraction of sp³-hybridized carbons (Fsp3) is 0.286. The second kappa shape index (κ2) is 10.9. The van der Waals surface area contributed by atoms with Gasteiger partial charge in [-0.05, 0) is 89.4 Å². The average molecular weight is 535 g/mol. The molecule has 3 nitrogen and oxygen atoms in total. The topological polar surface area (TPSA) is 35.5 Å². The zero-order valence-electron chi connectivity index (χ0n) is 22.8. The number of benzene rings is 4. The van der Waals surface area contributed by atoms with E-state index < -0.39 is 6.10 Å². The van der Waals surface area contributed by atoms with Gasteiger partial charge in [0.05, 0.1) is 7.11 Å². The minimum absolute atomic E-state index is 0.347. The molecule has 198 valence electrons. The van der Waals surface area contributed by atoms with Crippen molar-refractivity contribution >= 4 is 38.2 Å². The second-order valence-corrected chi connectivity index (χ2v) is 11.9. The van der Waals surface area contributed by atoms with Gasteiger partial charge in [-0.15, -0.1) is 11.3 Å². The summed E-state index contributed by atoms with van der Waals surface area (Å²) in [7, 11) is 1.43. The number of carbonyl (C=O) groups is 1. The standard InChI is InChI=1S/C35H34O3S/c1-22-23(2)39-32-21-26-15-9-10-16-28(26)34(33(22)32)27-17-18-30(29(20-27)25-13-7-8-14-25)38-31(35(36)37-3)19-24-11-5-4-6-12-24/h4-6,9-12,15-18,20-21,25,31H,7-8,13-14,19H2,1-3H3/t31-/m1/s1. The smallest absolute Gasteiger partial charge is 0.347 e. The Morgan fingerprint density at radius 1 is 0.949 bits per heavy atom. The number of rotatable bonds is 7. The van der Waals surface area contributed by atoms with Gasteiger partial charge in [0.2, 0.25) is 0 Å². The lowest BCUT2D eigenvalue weighted by molar-refractivity contribution is -0.148. The number of aryl methyl sites for hydroxylation is 2. The van der Waals surface area contributed by atoms with Crippen molar-refractivity contribution in [3.05, 3.63) is 100 Å². The molecule has 0 amide bonds. The molecule has 1 atom stereocenters. The van der Waals surface area contributed by atoms with Crippen LogP contribution < -0.4 is 4.74 Å². The first-order valence-electron chi connectivity index (χ1n) is 13.9. The van der Waals surface area contributed by atoms with Gasteiger partial charge in [-0.25, -0.2) is 4.79 Å². The summed E-state index contributed by atoms with van der Waals surface area (Å²) < 4.78 is 13.0. The molecule has 0 N–H and O–H groups in total. The SMILES string of the molecule is COC(=O)[C@@H](Cc1ccccc1)Oc1ccc(-c2c3ccccc3cc3sc(C)c(C)c23)cc1C1CCCC1. The van der Waals surface area contributed by atoms with Gasteiger partial charge in [-0.3, -0.25) is 0 Å². The Kier molecular flexibility index (Phi) is 7.14. The summed E-state index contributed by atoms with van der Waals surface area (Å²) in [6.45, 7) is 4.46. The predicted octanol–water partition coefficient (Wildman–Crippen LogP) is 9.16. The molecule has 1 aliphatic carbocycles. The minimum atomic E-state index is -0.700. The van der Waals surface area contributed by atoms with Gasteiger partial charge < -0.3 is 9.47 Å². The van der Waals surface area contributed by atoms with Gasteiger partial charge in [0.15, 0.2) is 6.10 Å². The van der Waals surface area contributed by atoms with Crippen LogP contribution in [0.1, 0.15) is 53.2 Å². The number of fused-ring (bicyclic) bond motifs is 2. The van der Waals surface area contributed by atoms with Crippen molar-refractivity contribution in [1.82, 2.24) is 0 Å². The van der Waals surface area contributed by atoms with Crippen LogP contribution >= 0.6 is 11.3 Å². The quantitative estimate of drug-likeness (QED) is 0.195. The number of hydrogen-bond acceptors (Lipinski definition) is 4. The molecule has 0 saturated heterocycles. The van der Waals surface area contributed by atoms with Crippen LogP contribution in [0.4, 0.5) is 0 Å². The van der Waals surface area contributed by atoms with Crippen molar-refractivity contribution in [3.63, 3.8) is 0 Å². The van der Waals surface area contributed by atoms with E-state index in [4.69, 9.17) is 9.47 Å². The fourth-order valence-corrected chi connectivity index (χ4v) is 7.27. The van der Waals surface area contributed by atoms with Gasteiger partial charge in [0.25, 0.3) is 0 Å². The second-order valence-electron chi connectivity index (χ2n) is 10.7. The Morgan fingerprint density at radius 2 is 1.69 bits per heavy atom. The summed E-state index contributed by atoms with van der Waals surface area (Å²) in [6, 6.07) is 27.6. The fourth-order valence-electron chi connectivity index (χ4n) is 6.15. The molecule has 39 heavy (non-hydrogen) atoms. The Balaban J connectivity index is 1.49. The van der Waals surface area contributed by atoms with Crippen molar-refractivity contribution in [2.24, 2.45) is 0 Å². The summed E-state index contributed by atoms with van der Waals surface area (Å²) >= 11 is 1.87. The molecule has 0 aliphatic heterocycles. The van der Waals surface area contributed by atoms with E-state index in [0.717, 1.165) is 24.2 Å². The molecule has 6 rings (SSSR count). The van der Waals surface area contributed by atoms with Crippen molar-refractivity contribution in [2.75, 3.05) is 7.11 Å². The molecular weight excluding hydrogens is 500 g/mol. The van der Waals surface area contributed by atoms with Crippen LogP contribution in [0, 0.1) is 13.8 Å². The van der Waals surface area contributed by atoms with E-state index in [9.17, 15) is 4.79 Å². The van der Waals surface area contributed by atoms with Gasteiger partial charge in [0, 0.05) is 21.4 Å². The summed E-state index contributed by atoms with van der Waals surface area (Å²) in [5, 5.41) is 3.88. The maximum atomic E-state index is 12.8. The molecule has 1 fully saturated rings. The largest absolute Gasteiger partial charge is 0.478 e. The van der Waals surface area contributed by atoms with E-state index in [1.807, 2.05) is 41.7 Å². The highest BCUT2D eigenvalue weighted by Crippen LogP contribution is 2.46. The van der Waals surface area contributed by atoms with Crippen LogP contribution in [0.25, 0.3) is 32.0 Å². The van der Waals surface area contributed by atoms with Crippen LogP contribution in [-0.2, 0) is 16.0 Å². The third kappa shape index (κ3) is 4.94. The average Bonchev–Trinajstić information content (AvgIpc) is 3.60. The Hall–Kier alpha value is -3.63. The normalized spacial score (nSPS) is 14.6. The number of hydrogen-bond donors (Lipinski definition) is 0. The highest BCUT2D eigenvalue weighted by atomic mass is 32.1. The maximum absolute atomic E-state index is 12.8. The predicted molar refractivity (Wildman–Crippen MR) is 162 cm³/mol. The third-order valence-corrected chi connectivity index (χ3v) is 9.42. The van der Waals surface area contributed by atoms with Gasteiger partial charge in [-0.2, -0.15) is 0 Å². The first-order chi connectivity index (χ1) is 19.0. The molecule has 1 saturated carbocycles. The molecule has 0 bridgehead atoms. The highest BCUT2D eigenvalue weighted by molar-refractivity contribution is 7.19. The van der Waals surface area contributed by atoms with Crippen LogP contribution in [0.3, 0.4) is 0 Å². The molecule has 1 aliphatic rings. The number of esters is 1. The van der Waals surface area contributed by atoms with Crippen molar-refractivity contribution in [2.45, 2.75) is 58.0 Å². The Bertz CT molecular complexity index is 1640. The number of ether oxygens (including phenoxy) is 2. The molecule has 1 heterocycles.